The summed E-state index contributed by atoms with van der Waals surface area (Å²) in [6.45, 7) is 1.19. The topological polar surface area (TPSA) is 63.4 Å². The van der Waals surface area contributed by atoms with E-state index in [1.165, 1.54) is 0 Å². The maximum Gasteiger partial charge on any atom is 0.227 e. The average molecular weight is 281 g/mol. The number of carbonyl (C=O) groups excluding carboxylic acids is 2. The molecular formula is C14H17ClN2O2. The molecule has 1 aromatic rings. The van der Waals surface area contributed by atoms with Gasteiger partial charge in [0.2, 0.25) is 11.8 Å². The predicted octanol–water partition coefficient (Wildman–Crippen LogP) is 1.61. The van der Waals surface area contributed by atoms with E-state index >= 15 is 0 Å². The van der Waals surface area contributed by atoms with Gasteiger partial charge in [-0.05, 0) is 24.5 Å². The van der Waals surface area contributed by atoms with Gasteiger partial charge in [0, 0.05) is 24.0 Å². The molecule has 0 aromatic heterocycles. The van der Waals surface area contributed by atoms with Crippen LogP contribution < -0.4 is 5.73 Å². The minimum Gasteiger partial charge on any atom is -0.369 e. The van der Waals surface area contributed by atoms with E-state index in [-0.39, 0.29) is 17.7 Å². The number of primary amides is 1. The molecule has 19 heavy (non-hydrogen) atoms. The Morgan fingerprint density at radius 1 is 1.26 bits per heavy atom. The lowest BCUT2D eigenvalue weighted by molar-refractivity contribution is -0.134. The maximum absolute atomic E-state index is 12.1. The highest BCUT2D eigenvalue weighted by molar-refractivity contribution is 6.31. The number of nitrogens with zero attached hydrogens (tertiary/aromatic N) is 1. The van der Waals surface area contributed by atoms with Crippen molar-refractivity contribution < 1.29 is 9.59 Å². The van der Waals surface area contributed by atoms with Crippen LogP contribution in [0.1, 0.15) is 18.4 Å². The quantitative estimate of drug-likeness (QED) is 0.914. The zero-order valence-corrected chi connectivity index (χ0v) is 11.4. The third-order valence-corrected chi connectivity index (χ3v) is 3.92. The molecule has 1 aliphatic rings. The van der Waals surface area contributed by atoms with Crippen molar-refractivity contribution in [3.8, 4) is 0 Å². The number of nitrogens with two attached hydrogens (primary N) is 1. The lowest BCUT2D eigenvalue weighted by atomic mass is 9.96. The summed E-state index contributed by atoms with van der Waals surface area (Å²) in [7, 11) is 0. The highest BCUT2D eigenvalue weighted by Crippen LogP contribution is 2.20. The summed E-state index contributed by atoms with van der Waals surface area (Å²) in [6, 6.07) is 7.35. The van der Waals surface area contributed by atoms with Crippen molar-refractivity contribution in [3.63, 3.8) is 0 Å². The van der Waals surface area contributed by atoms with E-state index in [1.54, 1.807) is 11.0 Å². The predicted molar refractivity (Wildman–Crippen MR) is 73.7 cm³/mol. The van der Waals surface area contributed by atoms with Crippen LogP contribution in [-0.4, -0.2) is 29.8 Å². The number of hydrogen-bond donors (Lipinski definition) is 1. The van der Waals surface area contributed by atoms with Gasteiger partial charge in [-0.15, -0.1) is 0 Å². The highest BCUT2D eigenvalue weighted by Gasteiger charge is 2.25. The van der Waals surface area contributed by atoms with E-state index in [0.29, 0.717) is 37.4 Å². The van der Waals surface area contributed by atoms with Crippen molar-refractivity contribution in [2.45, 2.75) is 19.3 Å². The Morgan fingerprint density at radius 2 is 1.89 bits per heavy atom. The van der Waals surface area contributed by atoms with Crippen molar-refractivity contribution >= 4 is 23.4 Å². The number of carbonyl (C=O) groups is 2. The van der Waals surface area contributed by atoms with Gasteiger partial charge >= 0.3 is 0 Å². The first kappa shape index (κ1) is 13.9. The van der Waals surface area contributed by atoms with Gasteiger partial charge in [-0.25, -0.2) is 0 Å². The van der Waals surface area contributed by atoms with Crippen LogP contribution in [0, 0.1) is 5.92 Å². The molecule has 0 unspecified atom stereocenters. The fourth-order valence-electron chi connectivity index (χ4n) is 2.33. The highest BCUT2D eigenvalue weighted by atomic mass is 35.5. The summed E-state index contributed by atoms with van der Waals surface area (Å²) >= 11 is 6.04. The van der Waals surface area contributed by atoms with Crippen LogP contribution in [0.5, 0.6) is 0 Å². The van der Waals surface area contributed by atoms with Crippen molar-refractivity contribution in [2.75, 3.05) is 13.1 Å². The molecule has 1 heterocycles. The number of amides is 2. The van der Waals surface area contributed by atoms with Gasteiger partial charge in [0.1, 0.15) is 0 Å². The summed E-state index contributed by atoms with van der Waals surface area (Å²) in [5.41, 5.74) is 6.11. The van der Waals surface area contributed by atoms with E-state index in [2.05, 4.69) is 0 Å². The molecule has 0 radical (unpaired) electrons. The number of benzene rings is 1. The maximum atomic E-state index is 12.1. The molecule has 2 rings (SSSR count). The second-order valence-corrected chi connectivity index (χ2v) is 5.23. The molecule has 4 nitrogen and oxygen atoms in total. The zero-order valence-electron chi connectivity index (χ0n) is 10.6. The molecule has 102 valence electrons. The molecule has 1 fully saturated rings. The van der Waals surface area contributed by atoms with E-state index in [4.69, 9.17) is 17.3 Å². The van der Waals surface area contributed by atoms with Gasteiger partial charge in [0.15, 0.2) is 0 Å². The summed E-state index contributed by atoms with van der Waals surface area (Å²) in [5, 5.41) is 0.614. The molecule has 0 spiro atoms. The second kappa shape index (κ2) is 6.06. The van der Waals surface area contributed by atoms with Gasteiger partial charge in [-0.3, -0.25) is 9.59 Å². The molecule has 0 bridgehead atoms. The Bertz CT molecular complexity index is 482. The fraction of sp³-hybridized carbons (Fsp3) is 0.429. The minimum atomic E-state index is -0.266. The largest absolute Gasteiger partial charge is 0.369 e. The van der Waals surface area contributed by atoms with Crippen LogP contribution in [-0.2, 0) is 16.0 Å². The number of halogens is 1. The summed E-state index contributed by atoms with van der Waals surface area (Å²) in [5.74, 6) is -0.307. The van der Waals surface area contributed by atoms with E-state index < -0.39 is 0 Å². The Kier molecular flexibility index (Phi) is 4.43. The number of rotatable bonds is 3. The number of likely N-dealkylation sites (tertiary alicyclic amines) is 1. The number of piperidine rings is 1. The molecule has 0 saturated carbocycles. The van der Waals surface area contributed by atoms with Gasteiger partial charge in [0.05, 0.1) is 6.42 Å². The van der Waals surface area contributed by atoms with Crippen LogP contribution in [0.2, 0.25) is 5.02 Å². The molecule has 2 N–H and O–H groups in total. The van der Waals surface area contributed by atoms with Crippen molar-refractivity contribution in [1.29, 1.82) is 0 Å². The first-order valence-corrected chi connectivity index (χ1v) is 6.76. The van der Waals surface area contributed by atoms with Gasteiger partial charge in [-0.2, -0.15) is 0 Å². The first-order valence-electron chi connectivity index (χ1n) is 6.38. The molecular weight excluding hydrogens is 264 g/mol. The molecule has 2 amide bonds. The Morgan fingerprint density at radius 3 is 2.47 bits per heavy atom. The van der Waals surface area contributed by atoms with E-state index in [9.17, 15) is 9.59 Å². The van der Waals surface area contributed by atoms with Crippen molar-refractivity contribution in [3.05, 3.63) is 34.9 Å². The standard InChI is InChI=1S/C14H17ClN2O2/c15-12-4-2-1-3-11(12)9-13(18)17-7-5-10(6-8-17)14(16)19/h1-4,10H,5-9H2,(H2,16,19). The lowest BCUT2D eigenvalue weighted by Gasteiger charge is -2.30. The fourth-order valence-corrected chi connectivity index (χ4v) is 2.53. The average Bonchev–Trinajstić information content (AvgIpc) is 2.41. The van der Waals surface area contributed by atoms with Crippen LogP contribution in [0.4, 0.5) is 0 Å². The Labute approximate surface area is 117 Å². The van der Waals surface area contributed by atoms with Gasteiger partial charge < -0.3 is 10.6 Å². The molecule has 1 aliphatic heterocycles. The SMILES string of the molecule is NC(=O)C1CCN(C(=O)Cc2ccccc2Cl)CC1. The monoisotopic (exact) mass is 280 g/mol. The molecule has 1 aromatic carbocycles. The van der Waals surface area contributed by atoms with Gasteiger partial charge in [0.25, 0.3) is 0 Å². The van der Waals surface area contributed by atoms with Crippen LogP contribution >= 0.6 is 11.6 Å². The molecule has 0 atom stereocenters. The first-order chi connectivity index (χ1) is 9.08. The Hall–Kier alpha value is -1.55. The normalized spacial score (nSPS) is 16.4. The lowest BCUT2D eigenvalue weighted by Crippen LogP contribution is -2.42. The van der Waals surface area contributed by atoms with Crippen LogP contribution in [0.25, 0.3) is 0 Å². The van der Waals surface area contributed by atoms with Crippen molar-refractivity contribution in [1.82, 2.24) is 4.90 Å². The number of hydrogen-bond acceptors (Lipinski definition) is 2. The summed E-state index contributed by atoms with van der Waals surface area (Å²) in [6.07, 6.45) is 1.62. The summed E-state index contributed by atoms with van der Waals surface area (Å²) < 4.78 is 0. The van der Waals surface area contributed by atoms with E-state index in [0.717, 1.165) is 5.56 Å². The molecule has 5 heteroatoms. The zero-order chi connectivity index (χ0) is 13.8. The van der Waals surface area contributed by atoms with Gasteiger partial charge in [-0.1, -0.05) is 29.8 Å². The van der Waals surface area contributed by atoms with Crippen LogP contribution in [0.3, 0.4) is 0 Å². The Balaban J connectivity index is 1.92. The van der Waals surface area contributed by atoms with Crippen molar-refractivity contribution in [2.24, 2.45) is 11.7 Å². The molecule has 0 aliphatic carbocycles. The van der Waals surface area contributed by atoms with E-state index in [1.807, 2.05) is 18.2 Å². The third-order valence-electron chi connectivity index (χ3n) is 3.55. The second-order valence-electron chi connectivity index (χ2n) is 4.83. The minimum absolute atomic E-state index is 0.0519. The van der Waals surface area contributed by atoms with Crippen LogP contribution in [0.15, 0.2) is 24.3 Å². The summed E-state index contributed by atoms with van der Waals surface area (Å²) in [4.78, 5) is 25.0. The smallest absolute Gasteiger partial charge is 0.227 e. The third kappa shape index (κ3) is 3.47. The molecule has 1 saturated heterocycles.